The maximum absolute atomic E-state index is 12.6. The number of rotatable bonds is 8. The van der Waals surface area contributed by atoms with Gasteiger partial charge in [-0.15, -0.1) is 0 Å². The second kappa shape index (κ2) is 8.93. The molecule has 3 aromatic rings. The zero-order valence-electron chi connectivity index (χ0n) is 18.3. The van der Waals surface area contributed by atoms with Crippen molar-refractivity contribution < 1.29 is 14.3 Å². The Balaban J connectivity index is 1.49. The zero-order chi connectivity index (χ0) is 22.0. The Kier molecular flexibility index (Phi) is 6.08. The number of aromatic nitrogens is 3. The van der Waals surface area contributed by atoms with Crippen LogP contribution in [0.3, 0.4) is 0 Å². The Morgan fingerprint density at radius 1 is 1.29 bits per heavy atom. The highest BCUT2D eigenvalue weighted by atomic mass is 16.5. The van der Waals surface area contributed by atoms with Crippen LogP contribution in [0.2, 0.25) is 0 Å². The van der Waals surface area contributed by atoms with Crippen molar-refractivity contribution in [3.63, 3.8) is 0 Å². The van der Waals surface area contributed by atoms with Crippen LogP contribution in [0.25, 0.3) is 22.2 Å². The zero-order valence-corrected chi connectivity index (χ0v) is 18.3. The molecule has 0 unspecified atom stereocenters. The van der Waals surface area contributed by atoms with Crippen molar-refractivity contribution in [3.8, 4) is 11.3 Å². The maximum Gasteiger partial charge on any atom is 0.240 e. The first-order valence-electron chi connectivity index (χ1n) is 10.7. The van der Waals surface area contributed by atoms with Crippen molar-refractivity contribution in [1.82, 2.24) is 19.7 Å². The number of nitrogens with one attached hydrogen (secondary N) is 1. The molecule has 1 aliphatic rings. The summed E-state index contributed by atoms with van der Waals surface area (Å²) in [5.41, 5.74) is 2.94. The van der Waals surface area contributed by atoms with Gasteiger partial charge in [0.25, 0.3) is 0 Å². The van der Waals surface area contributed by atoms with Crippen molar-refractivity contribution >= 4 is 28.5 Å². The number of benzene rings is 1. The summed E-state index contributed by atoms with van der Waals surface area (Å²) >= 11 is 0. The minimum Gasteiger partial charge on any atom is -0.379 e. The summed E-state index contributed by atoms with van der Waals surface area (Å²) in [6.45, 7) is 5.59. The number of carbonyl (C=O) groups is 2. The number of fused-ring (bicyclic) bond motifs is 2. The van der Waals surface area contributed by atoms with E-state index in [1.165, 1.54) is 4.90 Å². The summed E-state index contributed by atoms with van der Waals surface area (Å²) in [6, 6.07) is 10.1. The van der Waals surface area contributed by atoms with Crippen molar-refractivity contribution in [2.75, 3.05) is 24.6 Å². The highest BCUT2D eigenvalue weighted by molar-refractivity contribution is 6.00. The smallest absolute Gasteiger partial charge is 0.240 e. The molecule has 1 aromatic carbocycles. The van der Waals surface area contributed by atoms with Crippen molar-refractivity contribution in [2.24, 2.45) is 7.05 Å². The van der Waals surface area contributed by atoms with Crippen LogP contribution in [-0.2, 0) is 27.9 Å². The lowest BCUT2D eigenvalue weighted by atomic mass is 10.1. The van der Waals surface area contributed by atoms with E-state index in [2.05, 4.69) is 28.2 Å². The molecule has 1 N–H and O–H groups in total. The van der Waals surface area contributed by atoms with Crippen LogP contribution >= 0.6 is 0 Å². The van der Waals surface area contributed by atoms with Crippen LogP contribution in [-0.4, -0.2) is 52.0 Å². The maximum atomic E-state index is 12.6. The Labute approximate surface area is 181 Å². The molecule has 0 saturated carbocycles. The number of amides is 2. The SMILES string of the molecule is CC(C)OCCCNC(=O)CN1C(=O)CCn2nc(-c3cn(C)c4ccccc34)cc21. The highest BCUT2D eigenvalue weighted by Gasteiger charge is 2.28. The van der Waals surface area contributed by atoms with Crippen LogP contribution in [0.1, 0.15) is 26.7 Å². The molecule has 0 bridgehead atoms. The van der Waals surface area contributed by atoms with E-state index in [0.717, 1.165) is 28.6 Å². The summed E-state index contributed by atoms with van der Waals surface area (Å²) in [5.74, 6) is 0.423. The number of para-hydroxylation sites is 1. The average Bonchev–Trinajstić information content (AvgIpc) is 3.31. The van der Waals surface area contributed by atoms with Crippen LogP contribution in [0.5, 0.6) is 0 Å². The Hall–Kier alpha value is -3.13. The lowest BCUT2D eigenvalue weighted by Crippen LogP contribution is -2.44. The molecular formula is C23H29N5O3. The van der Waals surface area contributed by atoms with Crippen molar-refractivity contribution in [2.45, 2.75) is 39.3 Å². The van der Waals surface area contributed by atoms with Gasteiger partial charge >= 0.3 is 0 Å². The van der Waals surface area contributed by atoms with E-state index in [4.69, 9.17) is 9.84 Å². The molecule has 164 valence electrons. The molecule has 0 fully saturated rings. The number of carbonyl (C=O) groups excluding carboxylic acids is 2. The Morgan fingerprint density at radius 2 is 2.10 bits per heavy atom. The van der Waals surface area contributed by atoms with Crippen LogP contribution < -0.4 is 10.2 Å². The molecule has 0 spiro atoms. The summed E-state index contributed by atoms with van der Waals surface area (Å²) < 4.78 is 9.38. The number of anilines is 1. The lowest BCUT2D eigenvalue weighted by Gasteiger charge is -2.26. The number of hydrogen-bond donors (Lipinski definition) is 1. The monoisotopic (exact) mass is 423 g/mol. The van der Waals surface area contributed by atoms with Gasteiger partial charge in [0, 0.05) is 55.3 Å². The van der Waals surface area contributed by atoms with E-state index < -0.39 is 0 Å². The fraction of sp³-hybridized carbons (Fsp3) is 0.435. The van der Waals surface area contributed by atoms with E-state index in [1.54, 1.807) is 0 Å². The molecule has 4 rings (SSSR count). The van der Waals surface area contributed by atoms with Crippen LogP contribution in [0.15, 0.2) is 36.5 Å². The number of nitrogens with zero attached hydrogens (tertiary/aromatic N) is 4. The highest BCUT2D eigenvalue weighted by Crippen LogP contribution is 2.33. The quantitative estimate of drug-likeness (QED) is 0.565. The molecule has 8 heteroatoms. The third-order valence-electron chi connectivity index (χ3n) is 5.44. The van der Waals surface area contributed by atoms with E-state index >= 15 is 0 Å². The van der Waals surface area contributed by atoms with Gasteiger partial charge < -0.3 is 14.6 Å². The Bertz CT molecular complexity index is 1100. The summed E-state index contributed by atoms with van der Waals surface area (Å²) in [5, 5.41) is 8.73. The van der Waals surface area contributed by atoms with E-state index in [1.807, 2.05) is 43.8 Å². The molecule has 2 amide bonds. The average molecular weight is 424 g/mol. The van der Waals surface area contributed by atoms with Gasteiger partial charge in [0.1, 0.15) is 12.4 Å². The fourth-order valence-corrected chi connectivity index (χ4v) is 3.92. The summed E-state index contributed by atoms with van der Waals surface area (Å²) in [7, 11) is 2.01. The molecular weight excluding hydrogens is 394 g/mol. The van der Waals surface area contributed by atoms with Gasteiger partial charge in [-0.05, 0) is 26.3 Å². The molecule has 0 saturated heterocycles. The largest absolute Gasteiger partial charge is 0.379 e. The van der Waals surface area contributed by atoms with Gasteiger partial charge in [-0.1, -0.05) is 18.2 Å². The number of hydrogen-bond acceptors (Lipinski definition) is 4. The third-order valence-corrected chi connectivity index (χ3v) is 5.44. The summed E-state index contributed by atoms with van der Waals surface area (Å²) in [6.07, 6.45) is 3.30. The van der Waals surface area contributed by atoms with Gasteiger partial charge in [-0.2, -0.15) is 5.10 Å². The molecule has 1 aliphatic heterocycles. The molecule has 0 aliphatic carbocycles. The van der Waals surface area contributed by atoms with E-state index in [-0.39, 0.29) is 24.5 Å². The van der Waals surface area contributed by atoms with Gasteiger partial charge in [0.05, 0.1) is 18.3 Å². The first-order valence-corrected chi connectivity index (χ1v) is 10.7. The Morgan fingerprint density at radius 3 is 2.90 bits per heavy atom. The van der Waals surface area contributed by atoms with Crippen molar-refractivity contribution in [3.05, 3.63) is 36.5 Å². The minimum absolute atomic E-state index is 0.00938. The van der Waals surface area contributed by atoms with Gasteiger partial charge in [0.15, 0.2) is 0 Å². The minimum atomic E-state index is -0.181. The standard InChI is InChI=1S/C23H29N5O3/c1-16(2)31-12-6-10-24-21(29)15-27-22-13-19(25-28(22)11-9-23(27)30)18-14-26(3)20-8-5-4-7-17(18)20/h4-5,7-8,13-14,16H,6,9-12,15H2,1-3H3,(H,24,29). The molecule has 0 atom stereocenters. The molecule has 8 nitrogen and oxygen atoms in total. The normalized spacial score (nSPS) is 13.8. The van der Waals surface area contributed by atoms with Crippen LogP contribution in [0, 0.1) is 0 Å². The van der Waals surface area contributed by atoms with Gasteiger partial charge in [0.2, 0.25) is 11.8 Å². The fourth-order valence-electron chi connectivity index (χ4n) is 3.92. The first kappa shape index (κ1) is 21.1. The second-order valence-electron chi connectivity index (χ2n) is 8.13. The second-order valence-corrected chi connectivity index (χ2v) is 8.13. The molecule has 0 radical (unpaired) electrons. The van der Waals surface area contributed by atoms with Crippen molar-refractivity contribution in [1.29, 1.82) is 0 Å². The lowest BCUT2D eigenvalue weighted by molar-refractivity contribution is -0.124. The van der Waals surface area contributed by atoms with Crippen LogP contribution in [0.4, 0.5) is 5.82 Å². The third kappa shape index (κ3) is 4.49. The number of ether oxygens (including phenoxy) is 1. The van der Waals surface area contributed by atoms with Gasteiger partial charge in [-0.3, -0.25) is 14.5 Å². The predicted octanol–water partition coefficient (Wildman–Crippen LogP) is 2.71. The number of aryl methyl sites for hydroxylation is 2. The van der Waals surface area contributed by atoms with E-state index in [9.17, 15) is 9.59 Å². The van der Waals surface area contributed by atoms with E-state index in [0.29, 0.717) is 31.9 Å². The first-order chi connectivity index (χ1) is 14.9. The molecule has 31 heavy (non-hydrogen) atoms. The summed E-state index contributed by atoms with van der Waals surface area (Å²) in [4.78, 5) is 26.6. The predicted molar refractivity (Wildman–Crippen MR) is 120 cm³/mol. The molecule has 3 heterocycles. The molecule has 2 aromatic heterocycles. The van der Waals surface area contributed by atoms with Gasteiger partial charge in [-0.25, -0.2) is 4.68 Å². The topological polar surface area (TPSA) is 81.4 Å².